The molecule has 0 heterocycles. The van der Waals surface area contributed by atoms with Gasteiger partial charge in [-0.05, 0) is 12.1 Å². The Hall–Kier alpha value is -1.96. The van der Waals surface area contributed by atoms with Crippen molar-refractivity contribution in [1.29, 1.82) is 0 Å². The highest BCUT2D eigenvalue weighted by molar-refractivity contribution is 5.75. The number of halogens is 3. The molecule has 0 aromatic heterocycles. The first-order chi connectivity index (χ1) is 9.88. The van der Waals surface area contributed by atoms with Crippen molar-refractivity contribution >= 4 is 11.6 Å². The topological polar surface area (TPSA) is 73.6 Å². The Morgan fingerprint density at radius 1 is 1.24 bits per heavy atom. The SMILES string of the molecule is Nc1ccccc1OCCNC(=O)CCOCC(F)(F)F. The van der Waals surface area contributed by atoms with Gasteiger partial charge in [-0.25, -0.2) is 0 Å². The molecule has 0 atom stereocenters. The zero-order valence-electron chi connectivity index (χ0n) is 11.3. The largest absolute Gasteiger partial charge is 0.490 e. The predicted octanol–water partition coefficient (Wildman–Crippen LogP) is 1.73. The number of nitrogen functional groups attached to an aromatic ring is 1. The molecule has 0 saturated heterocycles. The molecule has 0 spiro atoms. The summed E-state index contributed by atoms with van der Waals surface area (Å²) in [5.41, 5.74) is 6.15. The normalized spacial score (nSPS) is 11.2. The van der Waals surface area contributed by atoms with E-state index in [0.717, 1.165) is 0 Å². The monoisotopic (exact) mass is 306 g/mol. The molecule has 118 valence electrons. The Labute approximate surface area is 120 Å². The van der Waals surface area contributed by atoms with E-state index in [2.05, 4.69) is 10.1 Å². The summed E-state index contributed by atoms with van der Waals surface area (Å²) in [5, 5.41) is 2.50. The minimum atomic E-state index is -4.38. The van der Waals surface area contributed by atoms with Crippen molar-refractivity contribution in [2.45, 2.75) is 12.6 Å². The molecule has 1 aromatic carbocycles. The van der Waals surface area contributed by atoms with Crippen LogP contribution in [0, 0.1) is 0 Å². The van der Waals surface area contributed by atoms with E-state index >= 15 is 0 Å². The Bertz CT molecular complexity index is 453. The molecule has 0 fully saturated rings. The molecular weight excluding hydrogens is 289 g/mol. The van der Waals surface area contributed by atoms with Gasteiger partial charge >= 0.3 is 6.18 Å². The van der Waals surface area contributed by atoms with Crippen molar-refractivity contribution in [3.63, 3.8) is 0 Å². The number of ether oxygens (including phenoxy) is 2. The molecule has 1 amide bonds. The van der Waals surface area contributed by atoms with E-state index in [1.165, 1.54) is 0 Å². The highest BCUT2D eigenvalue weighted by Crippen LogP contribution is 2.19. The third kappa shape index (κ3) is 8.03. The summed E-state index contributed by atoms with van der Waals surface area (Å²) >= 11 is 0. The lowest BCUT2D eigenvalue weighted by molar-refractivity contribution is -0.174. The van der Waals surface area contributed by atoms with Gasteiger partial charge in [0.05, 0.1) is 18.8 Å². The molecule has 21 heavy (non-hydrogen) atoms. The first-order valence-electron chi connectivity index (χ1n) is 6.27. The van der Waals surface area contributed by atoms with Crippen LogP contribution in [0.4, 0.5) is 18.9 Å². The molecule has 5 nitrogen and oxygen atoms in total. The molecule has 3 N–H and O–H groups in total. The van der Waals surface area contributed by atoms with Crippen LogP contribution in [0.5, 0.6) is 5.75 Å². The molecular formula is C13H17F3N2O3. The summed E-state index contributed by atoms with van der Waals surface area (Å²) in [5.74, 6) is 0.113. The highest BCUT2D eigenvalue weighted by Gasteiger charge is 2.27. The summed E-state index contributed by atoms with van der Waals surface area (Å²) in [6.07, 6.45) is -4.51. The van der Waals surface area contributed by atoms with Crippen LogP contribution >= 0.6 is 0 Å². The van der Waals surface area contributed by atoms with Crippen molar-refractivity contribution in [2.24, 2.45) is 0 Å². The molecule has 1 aromatic rings. The van der Waals surface area contributed by atoms with E-state index in [-0.39, 0.29) is 26.2 Å². The number of rotatable bonds is 8. The molecule has 0 radical (unpaired) electrons. The second kappa shape index (κ2) is 8.35. The van der Waals surface area contributed by atoms with Gasteiger partial charge in [0.1, 0.15) is 19.0 Å². The van der Waals surface area contributed by atoms with Gasteiger partial charge in [0, 0.05) is 6.42 Å². The molecule has 1 rings (SSSR count). The zero-order chi connectivity index (χ0) is 15.7. The Morgan fingerprint density at radius 3 is 2.62 bits per heavy atom. The van der Waals surface area contributed by atoms with Crippen molar-refractivity contribution in [3.05, 3.63) is 24.3 Å². The fourth-order valence-electron chi connectivity index (χ4n) is 1.40. The van der Waals surface area contributed by atoms with Gasteiger partial charge in [0.15, 0.2) is 0 Å². The number of amides is 1. The highest BCUT2D eigenvalue weighted by atomic mass is 19.4. The van der Waals surface area contributed by atoms with Gasteiger partial charge in [-0.1, -0.05) is 12.1 Å². The number of anilines is 1. The van der Waals surface area contributed by atoms with Gasteiger partial charge in [-0.15, -0.1) is 0 Å². The van der Waals surface area contributed by atoms with Gasteiger partial charge in [-0.3, -0.25) is 4.79 Å². The minimum Gasteiger partial charge on any atom is -0.490 e. The van der Waals surface area contributed by atoms with Crippen molar-refractivity contribution < 1.29 is 27.4 Å². The number of nitrogens with one attached hydrogen (secondary N) is 1. The second-order valence-electron chi connectivity index (χ2n) is 4.15. The van der Waals surface area contributed by atoms with Gasteiger partial charge < -0.3 is 20.5 Å². The van der Waals surface area contributed by atoms with Crippen LogP contribution in [0.1, 0.15) is 6.42 Å². The number of alkyl halides is 3. The smallest absolute Gasteiger partial charge is 0.411 e. The summed E-state index contributed by atoms with van der Waals surface area (Å²) < 4.78 is 45.0. The predicted molar refractivity (Wildman–Crippen MR) is 70.9 cm³/mol. The number of nitrogens with two attached hydrogens (primary N) is 1. The Morgan fingerprint density at radius 2 is 1.95 bits per heavy atom. The number of benzene rings is 1. The summed E-state index contributed by atoms with van der Waals surface area (Å²) in [6, 6.07) is 6.92. The zero-order valence-corrected chi connectivity index (χ0v) is 11.3. The van der Waals surface area contributed by atoms with E-state index in [1.807, 2.05) is 0 Å². The third-order valence-electron chi connectivity index (χ3n) is 2.34. The van der Waals surface area contributed by atoms with Gasteiger partial charge in [0.25, 0.3) is 0 Å². The molecule has 0 aliphatic rings. The van der Waals surface area contributed by atoms with Crippen molar-refractivity contribution in [3.8, 4) is 5.75 Å². The van der Waals surface area contributed by atoms with Crippen LogP contribution in [0.25, 0.3) is 0 Å². The molecule has 8 heteroatoms. The quantitative estimate of drug-likeness (QED) is 0.567. The average Bonchev–Trinajstić information content (AvgIpc) is 2.40. The first kappa shape index (κ1) is 17.1. The summed E-state index contributed by atoms with van der Waals surface area (Å²) in [4.78, 5) is 11.3. The number of hydrogen-bond donors (Lipinski definition) is 2. The molecule has 0 bridgehead atoms. The maximum absolute atomic E-state index is 11.8. The van der Waals surface area contributed by atoms with Gasteiger partial charge in [-0.2, -0.15) is 13.2 Å². The van der Waals surface area contributed by atoms with E-state index in [4.69, 9.17) is 10.5 Å². The van der Waals surface area contributed by atoms with E-state index in [1.54, 1.807) is 24.3 Å². The molecule has 0 aliphatic carbocycles. The average molecular weight is 306 g/mol. The van der Waals surface area contributed by atoms with Crippen LogP contribution < -0.4 is 15.8 Å². The lowest BCUT2D eigenvalue weighted by Crippen LogP contribution is -2.29. The summed E-state index contributed by atoms with van der Waals surface area (Å²) in [6.45, 7) is -1.19. The van der Waals surface area contributed by atoms with E-state index in [9.17, 15) is 18.0 Å². The van der Waals surface area contributed by atoms with E-state index in [0.29, 0.717) is 11.4 Å². The molecule has 0 unspecified atom stereocenters. The lowest BCUT2D eigenvalue weighted by Gasteiger charge is -2.10. The maximum Gasteiger partial charge on any atom is 0.411 e. The number of carbonyl (C=O) groups is 1. The minimum absolute atomic E-state index is 0.135. The van der Waals surface area contributed by atoms with Crippen LogP contribution in [0.15, 0.2) is 24.3 Å². The number of carbonyl (C=O) groups excluding carboxylic acids is 1. The standard InChI is InChI=1S/C13H17F3N2O3/c14-13(15,16)9-20-7-5-12(19)18-6-8-21-11-4-2-1-3-10(11)17/h1-4H,5-9,17H2,(H,18,19). The van der Waals surface area contributed by atoms with Crippen LogP contribution in [-0.2, 0) is 9.53 Å². The van der Waals surface area contributed by atoms with Crippen LogP contribution in [-0.4, -0.2) is 38.4 Å². The molecule has 0 saturated carbocycles. The fraction of sp³-hybridized carbons (Fsp3) is 0.462. The van der Waals surface area contributed by atoms with Crippen molar-refractivity contribution in [1.82, 2.24) is 5.32 Å². The number of para-hydroxylation sites is 2. The lowest BCUT2D eigenvalue weighted by atomic mass is 10.3. The van der Waals surface area contributed by atoms with Crippen LogP contribution in [0.3, 0.4) is 0 Å². The van der Waals surface area contributed by atoms with E-state index < -0.39 is 18.7 Å². The van der Waals surface area contributed by atoms with Crippen LogP contribution in [0.2, 0.25) is 0 Å². The maximum atomic E-state index is 11.8. The Kier molecular flexibility index (Phi) is 6.80. The molecule has 0 aliphatic heterocycles. The first-order valence-corrected chi connectivity index (χ1v) is 6.27. The second-order valence-corrected chi connectivity index (χ2v) is 4.15. The fourth-order valence-corrected chi connectivity index (χ4v) is 1.40. The third-order valence-corrected chi connectivity index (χ3v) is 2.34. The summed E-state index contributed by atoms with van der Waals surface area (Å²) in [7, 11) is 0. The van der Waals surface area contributed by atoms with Crippen molar-refractivity contribution in [2.75, 3.05) is 32.1 Å². The van der Waals surface area contributed by atoms with Gasteiger partial charge in [0.2, 0.25) is 5.91 Å². The number of hydrogen-bond acceptors (Lipinski definition) is 4. The Balaban J connectivity index is 2.07.